The topological polar surface area (TPSA) is 81.2 Å². The molecule has 0 spiro atoms. The zero-order chi connectivity index (χ0) is 13.2. The highest BCUT2D eigenvalue weighted by Crippen LogP contribution is 2.24. The van der Waals surface area contributed by atoms with Crippen LogP contribution in [0.25, 0.3) is 11.1 Å². The highest BCUT2D eigenvalue weighted by molar-refractivity contribution is 7.09. The summed E-state index contributed by atoms with van der Waals surface area (Å²) in [5, 5.41) is 15.7. The van der Waals surface area contributed by atoms with Crippen LogP contribution in [0.3, 0.4) is 0 Å². The van der Waals surface area contributed by atoms with Crippen molar-refractivity contribution in [2.24, 2.45) is 0 Å². The van der Waals surface area contributed by atoms with Crippen LogP contribution in [-0.2, 0) is 6.54 Å². The third-order valence-electron chi connectivity index (χ3n) is 2.58. The summed E-state index contributed by atoms with van der Waals surface area (Å²) in [5.74, 6) is 0. The van der Waals surface area contributed by atoms with E-state index in [4.69, 9.17) is 4.42 Å². The largest absolute Gasteiger partial charge is 0.423 e. The minimum atomic E-state index is -0.458. The maximum atomic E-state index is 10.7. The molecule has 0 radical (unpaired) electrons. The average molecular weight is 275 g/mol. The maximum Gasteiger partial charge on any atom is 0.295 e. The lowest BCUT2D eigenvalue weighted by atomic mass is 10.3. The van der Waals surface area contributed by atoms with Gasteiger partial charge in [0.2, 0.25) is 0 Å². The fourth-order valence-corrected chi connectivity index (χ4v) is 2.32. The van der Waals surface area contributed by atoms with Crippen LogP contribution in [0.2, 0.25) is 0 Å². The van der Waals surface area contributed by atoms with Crippen molar-refractivity contribution in [1.82, 2.24) is 4.98 Å². The van der Waals surface area contributed by atoms with E-state index in [9.17, 15) is 10.1 Å². The molecule has 0 fully saturated rings. The van der Waals surface area contributed by atoms with Gasteiger partial charge in [0.05, 0.1) is 17.5 Å². The number of nitro groups is 1. The Labute approximate surface area is 111 Å². The number of aromatic nitrogens is 1. The normalized spacial score (nSPS) is 10.7. The van der Waals surface area contributed by atoms with Crippen LogP contribution >= 0.6 is 11.3 Å². The number of rotatable bonds is 4. The minimum absolute atomic E-state index is 0.00606. The second-order valence-electron chi connectivity index (χ2n) is 3.86. The van der Waals surface area contributed by atoms with E-state index >= 15 is 0 Å². The number of benzene rings is 1. The van der Waals surface area contributed by atoms with Gasteiger partial charge in [-0.3, -0.25) is 10.1 Å². The minimum Gasteiger partial charge on any atom is -0.423 e. The van der Waals surface area contributed by atoms with E-state index in [1.54, 1.807) is 17.4 Å². The van der Waals surface area contributed by atoms with E-state index in [-0.39, 0.29) is 5.69 Å². The Hall–Kier alpha value is -2.41. The van der Waals surface area contributed by atoms with E-state index in [0.29, 0.717) is 23.7 Å². The van der Waals surface area contributed by atoms with Crippen molar-refractivity contribution in [2.75, 3.05) is 5.32 Å². The number of nitrogens with zero attached hydrogens (tertiary/aromatic N) is 2. The zero-order valence-electron chi connectivity index (χ0n) is 9.70. The number of oxazole rings is 1. The molecular weight excluding hydrogens is 266 g/mol. The predicted octanol–water partition coefficient (Wildman–Crippen LogP) is 3.41. The van der Waals surface area contributed by atoms with Crippen molar-refractivity contribution < 1.29 is 9.34 Å². The van der Waals surface area contributed by atoms with Crippen LogP contribution in [-0.4, -0.2) is 9.91 Å². The number of non-ortho nitro benzene ring substituents is 1. The molecule has 96 valence electrons. The number of hydrogen-bond acceptors (Lipinski definition) is 6. The molecule has 1 aromatic carbocycles. The van der Waals surface area contributed by atoms with Crippen LogP contribution in [0, 0.1) is 10.1 Å². The Morgan fingerprint density at radius 3 is 3.05 bits per heavy atom. The third-order valence-corrected chi connectivity index (χ3v) is 3.45. The molecule has 0 unspecified atom stereocenters. The summed E-state index contributed by atoms with van der Waals surface area (Å²) >= 11 is 1.63. The first-order valence-corrected chi connectivity index (χ1v) is 6.41. The molecule has 2 aromatic heterocycles. The highest BCUT2D eigenvalue weighted by Gasteiger charge is 2.11. The fourth-order valence-electron chi connectivity index (χ4n) is 1.68. The van der Waals surface area contributed by atoms with Gasteiger partial charge in [-0.25, -0.2) is 0 Å². The van der Waals surface area contributed by atoms with Gasteiger partial charge in [0.15, 0.2) is 5.58 Å². The van der Waals surface area contributed by atoms with E-state index < -0.39 is 4.92 Å². The molecule has 7 heteroatoms. The molecule has 0 aliphatic carbocycles. The third kappa shape index (κ3) is 2.41. The molecule has 0 amide bonds. The first-order valence-electron chi connectivity index (χ1n) is 5.53. The second-order valence-corrected chi connectivity index (χ2v) is 4.89. The predicted molar refractivity (Wildman–Crippen MR) is 72.3 cm³/mol. The molecule has 2 heterocycles. The van der Waals surface area contributed by atoms with Crippen LogP contribution in [0.15, 0.2) is 40.1 Å². The van der Waals surface area contributed by atoms with Gasteiger partial charge in [-0.15, -0.1) is 11.3 Å². The van der Waals surface area contributed by atoms with Gasteiger partial charge in [-0.1, -0.05) is 6.07 Å². The lowest BCUT2D eigenvalue weighted by Crippen LogP contribution is -1.96. The van der Waals surface area contributed by atoms with Crippen molar-refractivity contribution in [3.63, 3.8) is 0 Å². The van der Waals surface area contributed by atoms with Gasteiger partial charge in [0, 0.05) is 10.9 Å². The number of hydrogen-bond donors (Lipinski definition) is 1. The van der Waals surface area contributed by atoms with Gasteiger partial charge in [-0.2, -0.15) is 4.98 Å². The van der Waals surface area contributed by atoms with E-state index in [1.165, 1.54) is 12.1 Å². The molecule has 0 saturated carbocycles. The molecule has 3 rings (SSSR count). The van der Waals surface area contributed by atoms with Gasteiger partial charge >= 0.3 is 0 Å². The summed E-state index contributed by atoms with van der Waals surface area (Å²) in [6.07, 6.45) is 0. The molecule has 0 bridgehead atoms. The highest BCUT2D eigenvalue weighted by atomic mass is 32.1. The first kappa shape index (κ1) is 11.7. The smallest absolute Gasteiger partial charge is 0.295 e. The molecule has 0 aliphatic rings. The van der Waals surface area contributed by atoms with Crippen LogP contribution in [0.5, 0.6) is 0 Å². The van der Waals surface area contributed by atoms with Crippen molar-refractivity contribution >= 4 is 34.1 Å². The second kappa shape index (κ2) is 4.69. The Kier molecular flexibility index (Phi) is 2.88. The Balaban J connectivity index is 1.83. The summed E-state index contributed by atoms with van der Waals surface area (Å²) in [6, 6.07) is 8.70. The summed E-state index contributed by atoms with van der Waals surface area (Å²) in [5.41, 5.74) is 0.996. The summed E-state index contributed by atoms with van der Waals surface area (Å²) < 4.78 is 5.44. The van der Waals surface area contributed by atoms with Gasteiger partial charge in [0.1, 0.15) is 5.52 Å². The van der Waals surface area contributed by atoms with Crippen molar-refractivity contribution in [3.8, 4) is 0 Å². The van der Waals surface area contributed by atoms with E-state index in [2.05, 4.69) is 10.3 Å². The van der Waals surface area contributed by atoms with Crippen LogP contribution < -0.4 is 5.32 Å². The van der Waals surface area contributed by atoms with E-state index in [0.717, 1.165) is 4.88 Å². The van der Waals surface area contributed by atoms with Crippen molar-refractivity contribution in [3.05, 3.63) is 50.7 Å². The van der Waals surface area contributed by atoms with Crippen molar-refractivity contribution in [2.45, 2.75) is 6.54 Å². The number of nitro benzene ring substituents is 1. The Morgan fingerprint density at radius 2 is 2.32 bits per heavy atom. The van der Waals surface area contributed by atoms with E-state index in [1.807, 2.05) is 17.5 Å². The molecule has 0 aliphatic heterocycles. The summed E-state index contributed by atoms with van der Waals surface area (Å²) in [4.78, 5) is 15.6. The SMILES string of the molecule is O=[N+]([O-])c1ccc2nc(NCc3cccs3)oc2c1. The van der Waals surface area contributed by atoms with Crippen LogP contribution in [0.1, 0.15) is 4.88 Å². The lowest BCUT2D eigenvalue weighted by molar-refractivity contribution is -0.384. The molecule has 1 N–H and O–H groups in total. The summed E-state index contributed by atoms with van der Waals surface area (Å²) in [7, 11) is 0. The average Bonchev–Trinajstić information content (AvgIpc) is 3.04. The zero-order valence-corrected chi connectivity index (χ0v) is 10.5. The summed E-state index contributed by atoms with van der Waals surface area (Å²) in [6.45, 7) is 0.618. The molecule has 19 heavy (non-hydrogen) atoms. The number of fused-ring (bicyclic) bond motifs is 1. The molecule has 6 nitrogen and oxygen atoms in total. The first-order chi connectivity index (χ1) is 9.22. The number of nitrogens with one attached hydrogen (secondary N) is 1. The Morgan fingerprint density at radius 1 is 1.42 bits per heavy atom. The molecule has 0 atom stereocenters. The number of anilines is 1. The fraction of sp³-hybridized carbons (Fsp3) is 0.0833. The van der Waals surface area contributed by atoms with Crippen molar-refractivity contribution in [1.29, 1.82) is 0 Å². The Bertz CT molecular complexity index is 721. The van der Waals surface area contributed by atoms with Gasteiger partial charge in [0.25, 0.3) is 11.7 Å². The van der Waals surface area contributed by atoms with Gasteiger partial charge in [-0.05, 0) is 17.5 Å². The monoisotopic (exact) mass is 275 g/mol. The van der Waals surface area contributed by atoms with Gasteiger partial charge < -0.3 is 9.73 Å². The molecular formula is C12H9N3O3S. The lowest BCUT2D eigenvalue weighted by Gasteiger charge is -1.97. The quantitative estimate of drug-likeness (QED) is 0.583. The molecule has 0 saturated heterocycles. The number of thiophene rings is 1. The maximum absolute atomic E-state index is 10.7. The molecule has 3 aromatic rings. The standard InChI is InChI=1S/C12H9N3O3S/c16-15(17)8-3-4-10-11(6-8)18-12(14-10)13-7-9-2-1-5-19-9/h1-6H,7H2,(H,13,14). The van der Waals surface area contributed by atoms with Crippen LogP contribution in [0.4, 0.5) is 11.7 Å².